The molecule has 1 fully saturated rings. The molecule has 0 bridgehead atoms. The molecule has 0 atom stereocenters. The van der Waals surface area contributed by atoms with Crippen LogP contribution in [-0.2, 0) is 27.2 Å². The van der Waals surface area contributed by atoms with E-state index in [1.165, 1.54) is 12.6 Å². The van der Waals surface area contributed by atoms with E-state index in [2.05, 4.69) is 17.0 Å². The molecule has 1 saturated carbocycles. The van der Waals surface area contributed by atoms with Crippen LogP contribution in [0.3, 0.4) is 0 Å². The summed E-state index contributed by atoms with van der Waals surface area (Å²) < 4.78 is 7.89. The summed E-state index contributed by atoms with van der Waals surface area (Å²) in [6, 6.07) is 10.1. The van der Waals surface area contributed by atoms with Crippen molar-refractivity contribution >= 4 is 0 Å². The molecule has 6 nitrogen and oxygen atoms in total. The van der Waals surface area contributed by atoms with Gasteiger partial charge in [0.05, 0.1) is 7.11 Å². The van der Waals surface area contributed by atoms with Gasteiger partial charge in [0.15, 0.2) is 0 Å². The lowest BCUT2D eigenvalue weighted by molar-refractivity contribution is 0.238. The molecule has 24 heavy (non-hydrogen) atoms. The number of rotatable bonds is 6. The van der Waals surface area contributed by atoms with E-state index in [-0.39, 0.29) is 11.2 Å². The van der Waals surface area contributed by atoms with Gasteiger partial charge in [0.25, 0.3) is 5.56 Å². The average molecular weight is 329 g/mol. The van der Waals surface area contributed by atoms with E-state index < -0.39 is 0 Å². The Morgan fingerprint density at radius 1 is 1.08 bits per heavy atom. The molecule has 0 aliphatic heterocycles. The molecule has 0 spiro atoms. The summed E-state index contributed by atoms with van der Waals surface area (Å²) in [5.74, 6) is 0.839. The van der Waals surface area contributed by atoms with Crippen LogP contribution in [0, 0.1) is 0 Å². The summed E-state index contributed by atoms with van der Waals surface area (Å²) in [5, 5.41) is 0. The molecular formula is C18H23N3O3. The Kier molecular flexibility index (Phi) is 4.57. The molecule has 128 valence electrons. The first-order valence-corrected chi connectivity index (χ1v) is 8.12. The second kappa shape index (κ2) is 6.65. The third-order valence-corrected chi connectivity index (χ3v) is 4.60. The third kappa shape index (κ3) is 3.43. The van der Waals surface area contributed by atoms with Crippen LogP contribution < -0.4 is 16.0 Å². The number of hydrogen-bond donors (Lipinski definition) is 0. The zero-order chi connectivity index (χ0) is 17.3. The Morgan fingerprint density at radius 2 is 1.75 bits per heavy atom. The van der Waals surface area contributed by atoms with E-state index in [4.69, 9.17) is 4.74 Å². The maximum atomic E-state index is 12.1. The molecule has 0 unspecified atom stereocenters. The van der Waals surface area contributed by atoms with Crippen LogP contribution in [0.5, 0.6) is 5.75 Å². The Morgan fingerprint density at radius 3 is 2.33 bits per heavy atom. The average Bonchev–Trinajstić information content (AvgIpc) is 3.42. The highest BCUT2D eigenvalue weighted by Crippen LogP contribution is 2.29. The van der Waals surface area contributed by atoms with E-state index in [1.54, 1.807) is 24.8 Å². The quantitative estimate of drug-likeness (QED) is 0.800. The zero-order valence-electron chi connectivity index (χ0n) is 14.4. The van der Waals surface area contributed by atoms with Gasteiger partial charge in [0.2, 0.25) is 0 Å². The smallest absolute Gasteiger partial charge is 0.330 e. The monoisotopic (exact) mass is 329 g/mol. The highest BCUT2D eigenvalue weighted by molar-refractivity contribution is 5.27. The van der Waals surface area contributed by atoms with Crippen molar-refractivity contribution in [3.05, 3.63) is 62.4 Å². The predicted molar refractivity (Wildman–Crippen MR) is 92.2 cm³/mol. The van der Waals surface area contributed by atoms with Crippen LogP contribution in [0.25, 0.3) is 0 Å². The number of ether oxygens (including phenoxy) is 1. The number of benzene rings is 1. The Bertz CT molecular complexity index is 832. The van der Waals surface area contributed by atoms with Crippen molar-refractivity contribution in [1.82, 2.24) is 14.0 Å². The topological polar surface area (TPSA) is 56.5 Å². The molecule has 0 amide bonds. The Hall–Kier alpha value is -2.34. The number of methoxy groups -OCH3 is 1. The molecule has 6 heteroatoms. The van der Waals surface area contributed by atoms with E-state index in [0.29, 0.717) is 12.6 Å². The van der Waals surface area contributed by atoms with Crippen molar-refractivity contribution in [3.8, 4) is 5.75 Å². The summed E-state index contributed by atoms with van der Waals surface area (Å²) >= 11 is 0. The lowest BCUT2D eigenvalue weighted by Gasteiger charge is -2.23. The summed E-state index contributed by atoms with van der Waals surface area (Å²) in [6.07, 6.45) is 2.32. The van der Waals surface area contributed by atoms with E-state index in [1.807, 2.05) is 12.1 Å². The maximum absolute atomic E-state index is 12.1. The first-order valence-electron chi connectivity index (χ1n) is 8.12. The molecular weight excluding hydrogens is 306 g/mol. The van der Waals surface area contributed by atoms with E-state index in [0.717, 1.165) is 35.4 Å². The van der Waals surface area contributed by atoms with Crippen molar-refractivity contribution in [1.29, 1.82) is 0 Å². The van der Waals surface area contributed by atoms with Gasteiger partial charge in [-0.2, -0.15) is 0 Å². The van der Waals surface area contributed by atoms with Gasteiger partial charge in [-0.15, -0.1) is 0 Å². The number of aromatic nitrogens is 2. The number of hydrogen-bond acceptors (Lipinski definition) is 4. The molecule has 2 aromatic rings. The van der Waals surface area contributed by atoms with Crippen LogP contribution in [-0.4, -0.2) is 27.2 Å². The lowest BCUT2D eigenvalue weighted by Crippen LogP contribution is -2.39. The maximum Gasteiger partial charge on any atom is 0.330 e. The van der Waals surface area contributed by atoms with Gasteiger partial charge in [-0.3, -0.25) is 18.8 Å². The summed E-state index contributed by atoms with van der Waals surface area (Å²) in [5.41, 5.74) is 1.41. The standard InChI is InChI=1S/C18H23N3O3/c1-19-15(10-17(22)20(2)18(19)23)12-21(14-6-7-14)11-13-4-8-16(24-3)9-5-13/h4-5,8-10,14H,6-7,11-12H2,1-3H3. The molecule has 1 aromatic carbocycles. The van der Waals surface area contributed by atoms with Gasteiger partial charge in [0.1, 0.15) is 5.75 Å². The van der Waals surface area contributed by atoms with Gasteiger partial charge < -0.3 is 4.74 Å². The summed E-state index contributed by atoms with van der Waals surface area (Å²) in [4.78, 5) is 26.4. The minimum Gasteiger partial charge on any atom is -0.497 e. The molecule has 1 aromatic heterocycles. The highest BCUT2D eigenvalue weighted by atomic mass is 16.5. The van der Waals surface area contributed by atoms with Crippen molar-refractivity contribution in [2.45, 2.75) is 32.0 Å². The molecule has 1 aliphatic rings. The molecule has 0 N–H and O–H groups in total. The molecule has 1 aliphatic carbocycles. The van der Waals surface area contributed by atoms with Gasteiger partial charge in [-0.1, -0.05) is 12.1 Å². The largest absolute Gasteiger partial charge is 0.497 e. The zero-order valence-corrected chi connectivity index (χ0v) is 14.4. The van der Waals surface area contributed by atoms with Gasteiger partial charge in [0, 0.05) is 45.0 Å². The predicted octanol–water partition coefficient (Wildman–Crippen LogP) is 1.26. The van der Waals surface area contributed by atoms with Gasteiger partial charge >= 0.3 is 5.69 Å². The first-order chi connectivity index (χ1) is 11.5. The molecule has 0 saturated heterocycles. The normalized spacial score (nSPS) is 14.2. The third-order valence-electron chi connectivity index (χ3n) is 4.60. The fraction of sp³-hybridized carbons (Fsp3) is 0.444. The highest BCUT2D eigenvalue weighted by Gasteiger charge is 2.29. The van der Waals surface area contributed by atoms with Crippen LogP contribution in [0.4, 0.5) is 0 Å². The van der Waals surface area contributed by atoms with Gasteiger partial charge in [-0.05, 0) is 30.5 Å². The summed E-state index contributed by atoms with van der Waals surface area (Å²) in [7, 11) is 4.88. The van der Waals surface area contributed by atoms with E-state index >= 15 is 0 Å². The number of nitrogens with zero attached hydrogens (tertiary/aromatic N) is 3. The van der Waals surface area contributed by atoms with Crippen LogP contribution in [0.15, 0.2) is 39.9 Å². The SMILES string of the molecule is COc1ccc(CN(Cc2cc(=O)n(C)c(=O)n2C)C2CC2)cc1. The Labute approximate surface area is 140 Å². The van der Waals surface area contributed by atoms with Crippen LogP contribution in [0.1, 0.15) is 24.1 Å². The van der Waals surface area contributed by atoms with Crippen molar-refractivity contribution < 1.29 is 4.74 Å². The van der Waals surface area contributed by atoms with Crippen LogP contribution >= 0.6 is 0 Å². The molecule has 1 heterocycles. The summed E-state index contributed by atoms with van der Waals surface area (Å²) in [6.45, 7) is 1.39. The molecule has 3 rings (SSSR count). The van der Waals surface area contributed by atoms with Gasteiger partial charge in [-0.25, -0.2) is 4.79 Å². The van der Waals surface area contributed by atoms with Crippen molar-refractivity contribution in [2.75, 3.05) is 7.11 Å². The van der Waals surface area contributed by atoms with Crippen molar-refractivity contribution in [3.63, 3.8) is 0 Å². The molecule has 0 radical (unpaired) electrons. The van der Waals surface area contributed by atoms with Crippen LogP contribution in [0.2, 0.25) is 0 Å². The van der Waals surface area contributed by atoms with E-state index in [9.17, 15) is 9.59 Å². The fourth-order valence-electron chi connectivity index (χ4n) is 2.86. The first kappa shape index (κ1) is 16.5. The Balaban J connectivity index is 1.82. The van der Waals surface area contributed by atoms with Crippen molar-refractivity contribution in [2.24, 2.45) is 14.1 Å². The minimum absolute atomic E-state index is 0.256. The second-order valence-corrected chi connectivity index (χ2v) is 6.36. The second-order valence-electron chi connectivity index (χ2n) is 6.36. The minimum atomic E-state index is -0.280. The lowest BCUT2D eigenvalue weighted by atomic mass is 10.2. The fourth-order valence-corrected chi connectivity index (χ4v) is 2.86.